The number of nitrogens with two attached hydrogens (primary N) is 1. The molecule has 3 nitrogen and oxygen atoms in total. The van der Waals surface area contributed by atoms with Gasteiger partial charge in [0.25, 0.3) is 0 Å². The van der Waals surface area contributed by atoms with Crippen LogP contribution in [0, 0.1) is 11.7 Å². The van der Waals surface area contributed by atoms with Gasteiger partial charge >= 0.3 is 0 Å². The van der Waals surface area contributed by atoms with Crippen LogP contribution in [0.3, 0.4) is 0 Å². The molecular formula is C12H19ClFNO2. The lowest BCUT2D eigenvalue weighted by molar-refractivity contribution is 0.0967. The average molecular weight is 264 g/mol. The van der Waals surface area contributed by atoms with Crippen LogP contribution in [0.5, 0.6) is 5.75 Å². The Kier molecular flexibility index (Phi) is 6.45. The van der Waals surface area contributed by atoms with Crippen molar-refractivity contribution in [3.05, 3.63) is 29.6 Å². The van der Waals surface area contributed by atoms with Gasteiger partial charge in [-0.15, -0.1) is 12.4 Å². The molecule has 5 heteroatoms. The quantitative estimate of drug-likeness (QED) is 0.876. The lowest BCUT2D eigenvalue weighted by Gasteiger charge is -2.24. The number of rotatable bonds is 4. The maximum atomic E-state index is 13.4. The van der Waals surface area contributed by atoms with Gasteiger partial charge in [-0.2, -0.15) is 0 Å². The van der Waals surface area contributed by atoms with Gasteiger partial charge in [0.15, 0.2) is 11.6 Å². The molecule has 3 N–H and O–H groups in total. The van der Waals surface area contributed by atoms with E-state index in [4.69, 9.17) is 10.5 Å². The Morgan fingerprint density at radius 3 is 2.41 bits per heavy atom. The topological polar surface area (TPSA) is 55.5 Å². The van der Waals surface area contributed by atoms with E-state index >= 15 is 0 Å². The van der Waals surface area contributed by atoms with Crippen LogP contribution >= 0.6 is 12.4 Å². The third kappa shape index (κ3) is 3.56. The molecule has 0 aliphatic heterocycles. The number of hydrogen-bond donors (Lipinski definition) is 2. The molecule has 0 aliphatic carbocycles. The van der Waals surface area contributed by atoms with Crippen LogP contribution in [-0.4, -0.2) is 18.3 Å². The molecule has 98 valence electrons. The predicted octanol–water partition coefficient (Wildman–Crippen LogP) is 2.27. The van der Waals surface area contributed by atoms with Crippen LogP contribution in [0.4, 0.5) is 4.39 Å². The van der Waals surface area contributed by atoms with Crippen LogP contribution in [0.15, 0.2) is 18.2 Å². The van der Waals surface area contributed by atoms with Gasteiger partial charge in [-0.1, -0.05) is 26.0 Å². The van der Waals surface area contributed by atoms with E-state index in [1.807, 2.05) is 13.8 Å². The van der Waals surface area contributed by atoms with E-state index in [9.17, 15) is 9.50 Å². The molecule has 1 rings (SSSR count). The van der Waals surface area contributed by atoms with Crippen molar-refractivity contribution in [3.8, 4) is 5.75 Å². The zero-order chi connectivity index (χ0) is 12.3. The predicted molar refractivity (Wildman–Crippen MR) is 68.0 cm³/mol. The summed E-state index contributed by atoms with van der Waals surface area (Å²) < 4.78 is 18.4. The zero-order valence-electron chi connectivity index (χ0n) is 10.2. The summed E-state index contributed by atoms with van der Waals surface area (Å²) in [6, 6.07) is 3.88. The highest BCUT2D eigenvalue weighted by molar-refractivity contribution is 5.85. The Hall–Kier alpha value is -0.840. The highest BCUT2D eigenvalue weighted by Crippen LogP contribution is 2.30. The summed E-state index contributed by atoms with van der Waals surface area (Å²) >= 11 is 0. The molecule has 0 amide bonds. The average Bonchev–Trinajstić information content (AvgIpc) is 2.26. The van der Waals surface area contributed by atoms with Crippen LogP contribution in [-0.2, 0) is 0 Å². The number of aliphatic hydroxyl groups is 1. The van der Waals surface area contributed by atoms with Crippen molar-refractivity contribution < 1.29 is 14.2 Å². The Morgan fingerprint density at radius 2 is 1.94 bits per heavy atom. The molecule has 1 aromatic carbocycles. The fraction of sp³-hybridized carbons (Fsp3) is 0.500. The number of methoxy groups -OCH3 is 1. The first-order valence-corrected chi connectivity index (χ1v) is 5.25. The molecule has 2 atom stereocenters. The SMILES string of the molecule is COc1c(F)cccc1[C@H](N)[C@H](O)C(C)C.Cl. The summed E-state index contributed by atoms with van der Waals surface area (Å²) in [5.41, 5.74) is 6.38. The van der Waals surface area contributed by atoms with Gasteiger partial charge in [-0.25, -0.2) is 4.39 Å². The first-order chi connectivity index (χ1) is 7.49. The smallest absolute Gasteiger partial charge is 0.165 e. The lowest BCUT2D eigenvalue weighted by atomic mass is 9.94. The second-order valence-corrected chi connectivity index (χ2v) is 4.12. The maximum Gasteiger partial charge on any atom is 0.165 e. The van der Waals surface area contributed by atoms with E-state index in [-0.39, 0.29) is 24.1 Å². The van der Waals surface area contributed by atoms with Gasteiger partial charge in [0, 0.05) is 5.56 Å². The monoisotopic (exact) mass is 263 g/mol. The van der Waals surface area contributed by atoms with E-state index in [0.717, 1.165) is 0 Å². The number of hydrogen-bond acceptors (Lipinski definition) is 3. The molecule has 0 saturated heterocycles. The molecule has 0 fully saturated rings. The summed E-state index contributed by atoms with van der Waals surface area (Å²) in [5.74, 6) is -0.357. The van der Waals surface area contributed by atoms with Crippen molar-refractivity contribution in [3.63, 3.8) is 0 Å². The van der Waals surface area contributed by atoms with Crippen molar-refractivity contribution in [2.75, 3.05) is 7.11 Å². The molecule has 0 bridgehead atoms. The largest absolute Gasteiger partial charge is 0.493 e. The number of ether oxygens (including phenoxy) is 1. The van der Waals surface area contributed by atoms with E-state index in [1.165, 1.54) is 13.2 Å². The molecule has 0 radical (unpaired) electrons. The van der Waals surface area contributed by atoms with Crippen LogP contribution in [0.25, 0.3) is 0 Å². The van der Waals surface area contributed by atoms with Gasteiger partial charge in [0.1, 0.15) is 0 Å². The second kappa shape index (κ2) is 6.79. The molecule has 0 spiro atoms. The first kappa shape index (κ1) is 16.2. The summed E-state index contributed by atoms with van der Waals surface area (Å²) in [6.07, 6.45) is -0.726. The van der Waals surface area contributed by atoms with Crippen LogP contribution < -0.4 is 10.5 Å². The van der Waals surface area contributed by atoms with Gasteiger partial charge < -0.3 is 15.6 Å². The van der Waals surface area contributed by atoms with Crippen molar-refractivity contribution >= 4 is 12.4 Å². The van der Waals surface area contributed by atoms with Crippen molar-refractivity contribution in [1.82, 2.24) is 0 Å². The molecule has 0 heterocycles. The first-order valence-electron chi connectivity index (χ1n) is 5.25. The molecule has 0 unspecified atom stereocenters. The summed E-state index contributed by atoms with van der Waals surface area (Å²) in [6.45, 7) is 3.71. The number of para-hydroxylation sites is 1. The fourth-order valence-electron chi connectivity index (χ4n) is 1.60. The van der Waals surface area contributed by atoms with E-state index < -0.39 is 18.0 Å². The van der Waals surface area contributed by atoms with Crippen molar-refractivity contribution in [1.29, 1.82) is 0 Å². The maximum absolute atomic E-state index is 13.4. The summed E-state index contributed by atoms with van der Waals surface area (Å²) in [4.78, 5) is 0. The van der Waals surface area contributed by atoms with Crippen molar-refractivity contribution in [2.45, 2.75) is 26.0 Å². The highest BCUT2D eigenvalue weighted by atomic mass is 35.5. The van der Waals surface area contributed by atoms with Gasteiger partial charge in [-0.05, 0) is 12.0 Å². The molecule has 0 saturated carbocycles. The second-order valence-electron chi connectivity index (χ2n) is 4.12. The minimum Gasteiger partial charge on any atom is -0.493 e. The molecular weight excluding hydrogens is 245 g/mol. The minimum atomic E-state index is -0.726. The van der Waals surface area contributed by atoms with Gasteiger partial charge in [-0.3, -0.25) is 0 Å². The minimum absolute atomic E-state index is 0. The normalized spacial score (nSPS) is 14.1. The molecule has 17 heavy (non-hydrogen) atoms. The lowest BCUT2D eigenvalue weighted by Crippen LogP contribution is -2.30. The molecule has 0 aromatic heterocycles. The summed E-state index contributed by atoms with van der Waals surface area (Å²) in [7, 11) is 1.39. The number of aliphatic hydroxyl groups excluding tert-OH is 1. The molecule has 1 aromatic rings. The van der Waals surface area contributed by atoms with Gasteiger partial charge in [0.2, 0.25) is 0 Å². The fourth-order valence-corrected chi connectivity index (χ4v) is 1.60. The van der Waals surface area contributed by atoms with E-state index in [1.54, 1.807) is 12.1 Å². The third-order valence-electron chi connectivity index (χ3n) is 2.61. The standard InChI is InChI=1S/C12H18FNO2.ClH/c1-7(2)11(15)10(14)8-5-4-6-9(13)12(8)16-3;/h4-7,10-11,15H,14H2,1-3H3;1H/t10-,11+;/m0./s1. The molecule has 0 aliphatic rings. The van der Waals surface area contributed by atoms with Crippen LogP contribution in [0.2, 0.25) is 0 Å². The highest BCUT2D eigenvalue weighted by Gasteiger charge is 2.24. The zero-order valence-corrected chi connectivity index (χ0v) is 11.0. The Morgan fingerprint density at radius 1 is 1.35 bits per heavy atom. The van der Waals surface area contributed by atoms with E-state index in [0.29, 0.717) is 5.56 Å². The number of halogens is 2. The van der Waals surface area contributed by atoms with Crippen molar-refractivity contribution in [2.24, 2.45) is 11.7 Å². The van der Waals surface area contributed by atoms with E-state index in [2.05, 4.69) is 0 Å². The van der Waals surface area contributed by atoms with Gasteiger partial charge in [0.05, 0.1) is 19.3 Å². The van der Waals surface area contributed by atoms with Crippen LogP contribution in [0.1, 0.15) is 25.5 Å². The Labute approximate surface area is 107 Å². The Balaban J connectivity index is 0.00000256. The Bertz CT molecular complexity index is 360. The summed E-state index contributed by atoms with van der Waals surface area (Å²) in [5, 5.41) is 9.86. The third-order valence-corrected chi connectivity index (χ3v) is 2.61. The number of benzene rings is 1.